The Morgan fingerprint density at radius 2 is 1.86 bits per heavy atom. The second kappa shape index (κ2) is 6.05. The molecule has 1 unspecified atom stereocenters. The lowest BCUT2D eigenvalue weighted by atomic mass is 9.62. The van der Waals surface area contributed by atoms with Crippen LogP contribution in [-0.4, -0.2) is 36.0 Å². The summed E-state index contributed by atoms with van der Waals surface area (Å²) in [5, 5.41) is 0.581. The number of likely N-dealkylation sites (tertiary alicyclic amines) is 1. The molecule has 6 heteroatoms. The molecule has 0 aromatic heterocycles. The highest BCUT2D eigenvalue weighted by Crippen LogP contribution is 2.50. The number of fused-ring (bicyclic) bond motifs is 2. The van der Waals surface area contributed by atoms with Gasteiger partial charge in [-0.3, -0.25) is 4.79 Å². The van der Waals surface area contributed by atoms with E-state index in [-0.39, 0.29) is 24.7 Å². The molecule has 1 saturated carbocycles. The number of halogens is 2. The molecule has 1 atom stereocenters. The fourth-order valence-corrected chi connectivity index (χ4v) is 5.03. The van der Waals surface area contributed by atoms with Crippen LogP contribution in [0.2, 0.25) is 5.02 Å². The lowest BCUT2D eigenvalue weighted by Crippen LogP contribution is -2.55. The molecule has 2 aliphatic heterocycles. The largest absolute Gasteiger partial charge is 0.449 e. The van der Waals surface area contributed by atoms with Gasteiger partial charge in [-0.05, 0) is 36.6 Å². The third kappa shape index (κ3) is 2.42. The summed E-state index contributed by atoms with van der Waals surface area (Å²) >= 11 is 5.98. The Bertz CT molecular complexity index is 970. The van der Waals surface area contributed by atoms with Crippen LogP contribution in [-0.2, 0) is 20.5 Å². The van der Waals surface area contributed by atoms with E-state index in [4.69, 9.17) is 16.3 Å². The van der Waals surface area contributed by atoms with Gasteiger partial charge in [-0.25, -0.2) is 9.18 Å². The van der Waals surface area contributed by atoms with Crippen LogP contribution in [0, 0.1) is 0 Å². The van der Waals surface area contributed by atoms with E-state index in [0.29, 0.717) is 30.1 Å². The van der Waals surface area contributed by atoms with E-state index in [1.807, 2.05) is 30.3 Å². The summed E-state index contributed by atoms with van der Waals surface area (Å²) in [6.45, 7) is 0.785. The topological polar surface area (TPSA) is 46.6 Å². The summed E-state index contributed by atoms with van der Waals surface area (Å²) in [5.74, 6) is -0.439. The van der Waals surface area contributed by atoms with E-state index in [0.717, 1.165) is 11.1 Å². The van der Waals surface area contributed by atoms with Gasteiger partial charge < -0.3 is 9.64 Å². The Hall–Kier alpha value is -2.40. The van der Waals surface area contributed by atoms with Crippen molar-refractivity contribution in [2.45, 2.75) is 36.5 Å². The molecule has 1 saturated heterocycles. The maximum absolute atomic E-state index is 13.9. The number of rotatable bonds is 2. The van der Waals surface area contributed by atoms with Crippen LogP contribution in [0.1, 0.15) is 40.7 Å². The standard InChI is InChI=1S/C22H19ClFNO3/c23-15-7-5-14(6-8-15)21(11-16(24)12-21)20(27)25-10-9-22(13-25)18-4-2-1-3-17(18)19(26)28-22/h1-8,16H,9-13H2. The van der Waals surface area contributed by atoms with Gasteiger partial charge in [0, 0.05) is 23.6 Å². The quantitative estimate of drug-likeness (QED) is 0.717. The molecule has 144 valence electrons. The first kappa shape index (κ1) is 17.7. The Morgan fingerprint density at radius 3 is 2.57 bits per heavy atom. The fourth-order valence-electron chi connectivity index (χ4n) is 4.91. The number of nitrogens with zero attached hydrogens (tertiary/aromatic N) is 1. The molecule has 28 heavy (non-hydrogen) atoms. The average Bonchev–Trinajstić information content (AvgIpc) is 3.22. The van der Waals surface area contributed by atoms with Crippen LogP contribution < -0.4 is 0 Å². The predicted octanol–water partition coefficient (Wildman–Crippen LogP) is 4.01. The highest BCUT2D eigenvalue weighted by molar-refractivity contribution is 6.30. The molecule has 2 aromatic carbocycles. The highest BCUT2D eigenvalue weighted by atomic mass is 35.5. The third-order valence-electron chi connectivity index (χ3n) is 6.39. The smallest absolute Gasteiger partial charge is 0.339 e. The summed E-state index contributed by atoms with van der Waals surface area (Å²) in [6, 6.07) is 14.4. The third-order valence-corrected chi connectivity index (χ3v) is 6.64. The molecule has 1 spiro atoms. The molecule has 1 amide bonds. The van der Waals surface area contributed by atoms with Gasteiger partial charge >= 0.3 is 5.97 Å². The van der Waals surface area contributed by atoms with Crippen molar-refractivity contribution in [1.82, 2.24) is 4.90 Å². The zero-order valence-electron chi connectivity index (χ0n) is 15.2. The average molecular weight is 400 g/mol. The number of ether oxygens (including phenoxy) is 1. The summed E-state index contributed by atoms with van der Waals surface area (Å²) in [6.07, 6.45) is -0.0843. The van der Waals surface area contributed by atoms with Crippen LogP contribution in [0.4, 0.5) is 4.39 Å². The van der Waals surface area contributed by atoms with Crippen LogP contribution in [0.3, 0.4) is 0 Å². The molecule has 0 radical (unpaired) electrons. The molecule has 2 heterocycles. The molecule has 1 aliphatic carbocycles. The van der Waals surface area contributed by atoms with Crippen molar-refractivity contribution >= 4 is 23.5 Å². The number of alkyl halides is 1. The van der Waals surface area contributed by atoms with E-state index in [1.165, 1.54) is 0 Å². The van der Waals surface area contributed by atoms with Gasteiger partial charge in [0.1, 0.15) is 6.17 Å². The van der Waals surface area contributed by atoms with E-state index < -0.39 is 17.2 Å². The van der Waals surface area contributed by atoms with Gasteiger partial charge in [0.05, 0.1) is 17.5 Å². The number of hydrogen-bond donors (Lipinski definition) is 0. The monoisotopic (exact) mass is 399 g/mol. The van der Waals surface area contributed by atoms with E-state index >= 15 is 0 Å². The number of hydrogen-bond acceptors (Lipinski definition) is 3. The van der Waals surface area contributed by atoms with Gasteiger partial charge in [-0.1, -0.05) is 41.9 Å². The Labute approximate surface area is 167 Å². The van der Waals surface area contributed by atoms with Crippen LogP contribution in [0.5, 0.6) is 0 Å². The van der Waals surface area contributed by atoms with Crippen LogP contribution in [0.25, 0.3) is 0 Å². The summed E-state index contributed by atoms with van der Waals surface area (Å²) < 4.78 is 19.6. The first-order valence-electron chi connectivity index (χ1n) is 9.46. The van der Waals surface area contributed by atoms with E-state index in [1.54, 1.807) is 23.1 Å². The lowest BCUT2D eigenvalue weighted by Gasteiger charge is -2.45. The minimum Gasteiger partial charge on any atom is -0.449 e. The van der Waals surface area contributed by atoms with Crippen molar-refractivity contribution in [3.8, 4) is 0 Å². The minimum atomic E-state index is -0.985. The summed E-state index contributed by atoms with van der Waals surface area (Å²) in [4.78, 5) is 27.5. The van der Waals surface area contributed by atoms with Crippen LogP contribution >= 0.6 is 11.6 Å². The van der Waals surface area contributed by atoms with Gasteiger partial charge in [0.15, 0.2) is 5.60 Å². The second-order valence-electron chi connectivity index (χ2n) is 8.00. The van der Waals surface area contributed by atoms with Crippen LogP contribution in [0.15, 0.2) is 48.5 Å². The van der Waals surface area contributed by atoms with Crippen molar-refractivity contribution in [3.63, 3.8) is 0 Å². The number of esters is 1. The van der Waals surface area contributed by atoms with Gasteiger partial charge in [-0.2, -0.15) is 0 Å². The van der Waals surface area contributed by atoms with E-state index in [2.05, 4.69) is 0 Å². The molecule has 2 fully saturated rings. The number of carbonyl (C=O) groups is 2. The zero-order chi connectivity index (χ0) is 19.5. The number of carbonyl (C=O) groups excluding carboxylic acids is 2. The first-order valence-corrected chi connectivity index (χ1v) is 9.84. The molecule has 2 aromatic rings. The van der Waals surface area contributed by atoms with Gasteiger partial charge in [-0.15, -0.1) is 0 Å². The SMILES string of the molecule is O=C1OC2(CCN(C(=O)C3(c4ccc(Cl)cc4)CC(F)C3)C2)c2ccccc21. The van der Waals surface area contributed by atoms with Crippen molar-refractivity contribution in [2.24, 2.45) is 0 Å². The lowest BCUT2D eigenvalue weighted by molar-refractivity contribution is -0.143. The highest BCUT2D eigenvalue weighted by Gasteiger charge is 2.57. The second-order valence-corrected chi connectivity index (χ2v) is 8.44. The molecule has 4 nitrogen and oxygen atoms in total. The molecular weight excluding hydrogens is 381 g/mol. The minimum absolute atomic E-state index is 0.0963. The number of benzene rings is 2. The van der Waals surface area contributed by atoms with Crippen molar-refractivity contribution in [2.75, 3.05) is 13.1 Å². The maximum Gasteiger partial charge on any atom is 0.339 e. The van der Waals surface area contributed by atoms with Crippen molar-refractivity contribution in [1.29, 1.82) is 0 Å². The van der Waals surface area contributed by atoms with Crippen molar-refractivity contribution < 1.29 is 18.7 Å². The van der Waals surface area contributed by atoms with Gasteiger partial charge in [0.2, 0.25) is 5.91 Å². The van der Waals surface area contributed by atoms with Crippen molar-refractivity contribution in [3.05, 3.63) is 70.2 Å². The molecule has 0 N–H and O–H groups in total. The van der Waals surface area contributed by atoms with E-state index in [9.17, 15) is 14.0 Å². The summed E-state index contributed by atoms with van der Waals surface area (Å²) in [7, 11) is 0. The Balaban J connectivity index is 1.45. The fraction of sp³-hybridized carbons (Fsp3) is 0.364. The molecule has 3 aliphatic rings. The Morgan fingerprint density at radius 1 is 1.14 bits per heavy atom. The Kier molecular flexibility index (Phi) is 3.82. The molecule has 0 bridgehead atoms. The molecular formula is C22H19ClFNO3. The first-order chi connectivity index (χ1) is 13.4. The number of amides is 1. The zero-order valence-corrected chi connectivity index (χ0v) is 15.9. The maximum atomic E-state index is 13.9. The summed E-state index contributed by atoms with van der Waals surface area (Å²) in [5.41, 5.74) is 0.547. The predicted molar refractivity (Wildman–Crippen MR) is 102 cm³/mol. The normalized spacial score (nSPS) is 30.9. The molecule has 5 rings (SSSR count). The van der Waals surface area contributed by atoms with Gasteiger partial charge in [0.25, 0.3) is 0 Å².